The van der Waals surface area contributed by atoms with Gasteiger partial charge in [0.2, 0.25) is 0 Å². The molecule has 2 rings (SSSR count). The Kier molecular flexibility index (Phi) is 4.65. The number of halogens is 2. The highest BCUT2D eigenvalue weighted by molar-refractivity contribution is 6.31. The molecule has 0 aliphatic carbocycles. The molecule has 0 atom stereocenters. The van der Waals surface area contributed by atoms with Crippen LogP contribution in [0.2, 0.25) is 5.02 Å². The fourth-order valence-electron chi connectivity index (χ4n) is 1.84. The number of nitro benzene ring substituents is 1. The maximum absolute atomic E-state index is 12.9. The average molecular weight is 295 g/mol. The molecule has 0 amide bonds. The van der Waals surface area contributed by atoms with E-state index in [2.05, 4.69) is 5.32 Å². The summed E-state index contributed by atoms with van der Waals surface area (Å²) < 4.78 is 12.9. The molecule has 0 saturated heterocycles. The fourth-order valence-corrected chi connectivity index (χ4v) is 2.07. The highest BCUT2D eigenvalue weighted by atomic mass is 35.5. The van der Waals surface area contributed by atoms with Gasteiger partial charge in [-0.25, -0.2) is 4.39 Å². The Bertz CT molecular complexity index is 634. The lowest BCUT2D eigenvalue weighted by atomic mass is 10.1. The van der Waals surface area contributed by atoms with E-state index in [1.807, 2.05) is 0 Å². The van der Waals surface area contributed by atoms with Crippen LogP contribution in [0.5, 0.6) is 0 Å². The molecule has 0 saturated carbocycles. The van der Waals surface area contributed by atoms with Gasteiger partial charge in [0.1, 0.15) is 5.82 Å². The molecule has 0 aliphatic heterocycles. The quantitative estimate of drug-likeness (QED) is 0.676. The minimum Gasteiger partial charge on any atom is -0.308 e. The highest BCUT2D eigenvalue weighted by Gasteiger charge is 2.11. The van der Waals surface area contributed by atoms with Gasteiger partial charge in [-0.2, -0.15) is 0 Å². The molecule has 0 bridgehead atoms. The van der Waals surface area contributed by atoms with Crippen molar-refractivity contribution in [2.75, 3.05) is 0 Å². The molecule has 2 aromatic rings. The number of hydrogen-bond acceptors (Lipinski definition) is 3. The van der Waals surface area contributed by atoms with Crippen LogP contribution < -0.4 is 5.32 Å². The van der Waals surface area contributed by atoms with Gasteiger partial charge in [0.15, 0.2) is 0 Å². The summed E-state index contributed by atoms with van der Waals surface area (Å²) in [7, 11) is 0. The first-order valence-corrected chi connectivity index (χ1v) is 6.32. The molecule has 4 nitrogen and oxygen atoms in total. The minimum atomic E-state index is -0.415. The van der Waals surface area contributed by atoms with Crippen molar-refractivity contribution in [3.63, 3.8) is 0 Å². The first kappa shape index (κ1) is 14.4. The predicted molar refractivity (Wildman–Crippen MR) is 75.1 cm³/mol. The molecule has 0 unspecified atom stereocenters. The highest BCUT2D eigenvalue weighted by Crippen LogP contribution is 2.19. The normalized spacial score (nSPS) is 10.5. The van der Waals surface area contributed by atoms with Crippen molar-refractivity contribution in [3.8, 4) is 0 Å². The molecule has 0 aromatic heterocycles. The number of rotatable bonds is 5. The standard InChI is InChI=1S/C14H12ClFN2O2/c15-13-7-12(16)6-5-10(13)8-17-9-11-3-1-2-4-14(11)18(19)20/h1-7,17H,8-9H2. The Hall–Kier alpha value is -1.98. The maximum Gasteiger partial charge on any atom is 0.273 e. The van der Waals surface area contributed by atoms with E-state index in [-0.39, 0.29) is 5.69 Å². The fraction of sp³-hybridized carbons (Fsp3) is 0.143. The summed E-state index contributed by atoms with van der Waals surface area (Å²) in [4.78, 5) is 10.4. The van der Waals surface area contributed by atoms with Crippen LogP contribution in [0.25, 0.3) is 0 Å². The van der Waals surface area contributed by atoms with Gasteiger partial charge in [-0.3, -0.25) is 10.1 Å². The van der Waals surface area contributed by atoms with Crippen LogP contribution in [0.1, 0.15) is 11.1 Å². The van der Waals surface area contributed by atoms with E-state index < -0.39 is 10.7 Å². The Morgan fingerprint density at radius 2 is 1.85 bits per heavy atom. The monoisotopic (exact) mass is 294 g/mol. The maximum atomic E-state index is 12.9. The Labute approximate surface area is 120 Å². The topological polar surface area (TPSA) is 55.2 Å². The van der Waals surface area contributed by atoms with E-state index in [4.69, 9.17) is 11.6 Å². The Morgan fingerprint density at radius 3 is 2.55 bits per heavy atom. The van der Waals surface area contributed by atoms with Crippen molar-refractivity contribution < 1.29 is 9.31 Å². The van der Waals surface area contributed by atoms with Crippen molar-refractivity contribution in [3.05, 3.63) is 74.5 Å². The van der Waals surface area contributed by atoms with E-state index >= 15 is 0 Å². The first-order valence-electron chi connectivity index (χ1n) is 5.95. The van der Waals surface area contributed by atoms with Gasteiger partial charge in [-0.05, 0) is 17.7 Å². The molecule has 0 radical (unpaired) electrons. The van der Waals surface area contributed by atoms with Gasteiger partial charge in [0.05, 0.1) is 4.92 Å². The molecule has 104 valence electrons. The van der Waals surface area contributed by atoms with Crippen LogP contribution >= 0.6 is 11.6 Å². The largest absolute Gasteiger partial charge is 0.308 e. The molecule has 0 spiro atoms. The van der Waals surface area contributed by atoms with Crippen LogP contribution in [0.15, 0.2) is 42.5 Å². The SMILES string of the molecule is O=[N+]([O-])c1ccccc1CNCc1ccc(F)cc1Cl. The number of nitrogens with one attached hydrogen (secondary N) is 1. The zero-order valence-corrected chi connectivity index (χ0v) is 11.2. The lowest BCUT2D eigenvalue weighted by molar-refractivity contribution is -0.385. The summed E-state index contributed by atoms with van der Waals surface area (Å²) in [5, 5.41) is 14.3. The van der Waals surface area contributed by atoms with Gasteiger partial charge in [-0.1, -0.05) is 35.9 Å². The van der Waals surface area contributed by atoms with Crippen molar-refractivity contribution in [2.24, 2.45) is 0 Å². The summed E-state index contributed by atoms with van der Waals surface area (Å²) >= 11 is 5.90. The minimum absolute atomic E-state index is 0.0743. The summed E-state index contributed by atoms with van der Waals surface area (Å²) in [6.45, 7) is 0.746. The van der Waals surface area contributed by atoms with Gasteiger partial charge >= 0.3 is 0 Å². The van der Waals surface area contributed by atoms with Crippen LogP contribution in [-0.4, -0.2) is 4.92 Å². The number of nitro groups is 1. The van der Waals surface area contributed by atoms with Crippen LogP contribution in [0, 0.1) is 15.9 Å². The Balaban J connectivity index is 2.01. The molecule has 20 heavy (non-hydrogen) atoms. The lowest BCUT2D eigenvalue weighted by Crippen LogP contribution is -2.14. The van der Waals surface area contributed by atoms with E-state index in [0.29, 0.717) is 23.7 Å². The molecule has 6 heteroatoms. The third-order valence-corrected chi connectivity index (χ3v) is 3.19. The molecule has 0 aliphatic rings. The smallest absolute Gasteiger partial charge is 0.273 e. The second-order valence-corrected chi connectivity index (χ2v) is 4.63. The zero-order chi connectivity index (χ0) is 14.5. The molecule has 1 N–H and O–H groups in total. The summed E-state index contributed by atoms with van der Waals surface area (Å²) in [5.41, 5.74) is 1.41. The zero-order valence-electron chi connectivity index (χ0n) is 10.5. The van der Waals surface area contributed by atoms with Crippen molar-refractivity contribution >= 4 is 17.3 Å². The van der Waals surface area contributed by atoms with E-state index in [1.165, 1.54) is 18.2 Å². The lowest BCUT2D eigenvalue weighted by Gasteiger charge is -2.07. The second-order valence-electron chi connectivity index (χ2n) is 4.23. The summed E-state index contributed by atoms with van der Waals surface area (Å²) in [5.74, 6) is -0.391. The molecular weight excluding hydrogens is 283 g/mol. The van der Waals surface area contributed by atoms with Crippen LogP contribution in [-0.2, 0) is 13.1 Å². The Morgan fingerprint density at radius 1 is 1.15 bits per heavy atom. The van der Waals surface area contributed by atoms with Crippen LogP contribution in [0.3, 0.4) is 0 Å². The number of benzene rings is 2. The van der Waals surface area contributed by atoms with Crippen molar-refractivity contribution in [1.82, 2.24) is 5.32 Å². The predicted octanol–water partition coefficient (Wildman–Crippen LogP) is 3.68. The van der Waals surface area contributed by atoms with Crippen molar-refractivity contribution in [1.29, 1.82) is 0 Å². The molecular formula is C14H12ClFN2O2. The van der Waals surface area contributed by atoms with Gasteiger partial charge < -0.3 is 5.32 Å². The van der Waals surface area contributed by atoms with Crippen molar-refractivity contribution in [2.45, 2.75) is 13.1 Å². The van der Waals surface area contributed by atoms with Crippen LogP contribution in [0.4, 0.5) is 10.1 Å². The summed E-state index contributed by atoms with van der Waals surface area (Å²) in [6.07, 6.45) is 0. The van der Waals surface area contributed by atoms with E-state index in [9.17, 15) is 14.5 Å². The number of hydrogen-bond donors (Lipinski definition) is 1. The molecule has 0 fully saturated rings. The third kappa shape index (κ3) is 3.53. The first-order chi connectivity index (χ1) is 9.58. The number of para-hydroxylation sites is 1. The second kappa shape index (κ2) is 6.45. The third-order valence-electron chi connectivity index (χ3n) is 2.83. The van der Waals surface area contributed by atoms with Gasteiger partial charge in [0.25, 0.3) is 5.69 Å². The van der Waals surface area contributed by atoms with E-state index in [1.54, 1.807) is 24.3 Å². The number of nitrogens with zero attached hydrogens (tertiary/aromatic N) is 1. The molecule has 0 heterocycles. The van der Waals surface area contributed by atoms with Gasteiger partial charge in [-0.15, -0.1) is 0 Å². The van der Waals surface area contributed by atoms with E-state index in [0.717, 1.165) is 5.56 Å². The summed E-state index contributed by atoms with van der Waals surface area (Å²) in [6, 6.07) is 10.7. The van der Waals surface area contributed by atoms with Gasteiger partial charge in [0, 0.05) is 29.7 Å². The molecule has 2 aromatic carbocycles. The average Bonchev–Trinajstić information content (AvgIpc) is 2.41.